The highest BCUT2D eigenvalue weighted by Crippen LogP contribution is 2.14. The van der Waals surface area contributed by atoms with Gasteiger partial charge in [0.25, 0.3) is 0 Å². The van der Waals surface area contributed by atoms with Crippen LogP contribution in [0.5, 0.6) is 0 Å². The zero-order valence-electron chi connectivity index (χ0n) is 7.04. The summed E-state index contributed by atoms with van der Waals surface area (Å²) in [6.45, 7) is 0.399. The first-order valence-electron chi connectivity index (χ1n) is 3.67. The van der Waals surface area contributed by atoms with E-state index in [2.05, 4.69) is 15.3 Å². The first-order chi connectivity index (χ1) is 6.72. The maximum absolute atomic E-state index is 8.15. The van der Waals surface area contributed by atoms with Gasteiger partial charge in [0.15, 0.2) is 6.19 Å². The van der Waals surface area contributed by atoms with Crippen molar-refractivity contribution in [2.75, 3.05) is 0 Å². The molecule has 0 atom stereocenters. The summed E-state index contributed by atoms with van der Waals surface area (Å²) < 4.78 is 0. The van der Waals surface area contributed by atoms with Crippen LogP contribution < -0.4 is 5.32 Å². The average Bonchev–Trinajstić information content (AvgIpc) is 2.11. The lowest BCUT2D eigenvalue weighted by molar-refractivity contribution is 1.05. The molecule has 0 aromatic carbocycles. The van der Waals surface area contributed by atoms with Gasteiger partial charge in [0.1, 0.15) is 10.3 Å². The summed E-state index contributed by atoms with van der Waals surface area (Å²) in [6.07, 6.45) is 3.02. The van der Waals surface area contributed by atoms with Gasteiger partial charge in [-0.1, -0.05) is 23.2 Å². The van der Waals surface area contributed by atoms with Gasteiger partial charge in [-0.25, -0.2) is 4.98 Å². The van der Waals surface area contributed by atoms with Crippen LogP contribution in [0.1, 0.15) is 5.56 Å². The second kappa shape index (κ2) is 5.43. The summed E-state index contributed by atoms with van der Waals surface area (Å²) in [5.41, 5.74) is 0.839. The van der Waals surface area contributed by atoms with Crippen molar-refractivity contribution in [2.45, 2.75) is 6.54 Å². The van der Waals surface area contributed by atoms with E-state index >= 15 is 0 Å². The van der Waals surface area contributed by atoms with E-state index in [1.807, 2.05) is 0 Å². The molecule has 0 amide bonds. The summed E-state index contributed by atoms with van der Waals surface area (Å²) in [7, 11) is 0. The van der Waals surface area contributed by atoms with Crippen molar-refractivity contribution < 1.29 is 0 Å². The number of hydrogen-bond donors (Lipinski definition) is 1. The smallest absolute Gasteiger partial charge is 0.182 e. The van der Waals surface area contributed by atoms with E-state index in [9.17, 15) is 0 Å². The molecule has 72 valence electrons. The molecule has 0 saturated heterocycles. The molecule has 1 aromatic heterocycles. The Morgan fingerprint density at radius 2 is 2.14 bits per heavy atom. The first kappa shape index (κ1) is 10.8. The molecule has 6 heteroatoms. The summed E-state index contributed by atoms with van der Waals surface area (Å²) in [5, 5.41) is 11.1. The van der Waals surface area contributed by atoms with Gasteiger partial charge in [-0.05, 0) is 17.7 Å². The van der Waals surface area contributed by atoms with Gasteiger partial charge < -0.3 is 0 Å². The number of nitriles is 1. The highest BCUT2D eigenvalue weighted by Gasteiger charge is 1.97. The molecule has 0 aliphatic rings. The standard InChI is InChI=1S/C8H6Cl2N4/c9-7-1-6(2-8(10)14-7)3-12-5-13-4-11/h1-2,5H,3H2,(H,12,13). The Labute approximate surface area is 91.2 Å². The number of hydrogen-bond acceptors (Lipinski definition) is 3. The molecular formula is C8H6Cl2N4. The third-order valence-corrected chi connectivity index (χ3v) is 1.70. The van der Waals surface area contributed by atoms with Gasteiger partial charge in [-0.3, -0.25) is 10.3 Å². The SMILES string of the molecule is N#CNC=NCc1cc(Cl)nc(Cl)c1. The molecule has 1 heterocycles. The number of pyridine rings is 1. The van der Waals surface area contributed by atoms with Crippen molar-refractivity contribution in [3.05, 3.63) is 28.0 Å². The van der Waals surface area contributed by atoms with Crippen molar-refractivity contribution >= 4 is 29.5 Å². The normalized spacial score (nSPS) is 10.1. The van der Waals surface area contributed by atoms with Crippen molar-refractivity contribution in [3.8, 4) is 6.19 Å². The minimum Gasteiger partial charge on any atom is -0.283 e. The molecule has 0 bridgehead atoms. The zero-order valence-corrected chi connectivity index (χ0v) is 8.55. The van der Waals surface area contributed by atoms with Gasteiger partial charge in [0, 0.05) is 0 Å². The molecule has 0 saturated carbocycles. The summed E-state index contributed by atoms with van der Waals surface area (Å²) in [6, 6.07) is 3.33. The number of nitrogens with zero attached hydrogens (tertiary/aromatic N) is 3. The fourth-order valence-corrected chi connectivity index (χ4v) is 1.34. The van der Waals surface area contributed by atoms with E-state index in [0.29, 0.717) is 16.9 Å². The molecule has 0 aliphatic carbocycles. The summed E-state index contributed by atoms with van der Waals surface area (Å²) >= 11 is 11.3. The lowest BCUT2D eigenvalue weighted by atomic mass is 10.3. The van der Waals surface area contributed by atoms with E-state index in [0.717, 1.165) is 5.56 Å². The predicted molar refractivity (Wildman–Crippen MR) is 55.2 cm³/mol. The number of nitrogens with one attached hydrogen (secondary N) is 1. The molecular weight excluding hydrogens is 223 g/mol. The number of halogens is 2. The van der Waals surface area contributed by atoms with Crippen molar-refractivity contribution in [1.29, 1.82) is 5.26 Å². The van der Waals surface area contributed by atoms with E-state index in [-0.39, 0.29) is 0 Å². The van der Waals surface area contributed by atoms with Crippen molar-refractivity contribution in [1.82, 2.24) is 10.3 Å². The van der Waals surface area contributed by atoms with Crippen molar-refractivity contribution in [2.24, 2.45) is 4.99 Å². The zero-order chi connectivity index (χ0) is 10.4. The van der Waals surface area contributed by atoms with Crippen LogP contribution >= 0.6 is 23.2 Å². The van der Waals surface area contributed by atoms with Gasteiger partial charge in [0.2, 0.25) is 0 Å². The Bertz CT molecular complexity index is 363. The van der Waals surface area contributed by atoms with Crippen LogP contribution in [0.3, 0.4) is 0 Å². The van der Waals surface area contributed by atoms with Gasteiger partial charge in [0.05, 0.1) is 12.9 Å². The highest BCUT2D eigenvalue weighted by molar-refractivity contribution is 6.32. The predicted octanol–water partition coefficient (Wildman–Crippen LogP) is 1.99. The third kappa shape index (κ3) is 3.60. The van der Waals surface area contributed by atoms with Crippen LogP contribution in [0.25, 0.3) is 0 Å². The van der Waals surface area contributed by atoms with Gasteiger partial charge >= 0.3 is 0 Å². The average molecular weight is 229 g/mol. The molecule has 1 aromatic rings. The minimum absolute atomic E-state index is 0.330. The Morgan fingerprint density at radius 1 is 1.50 bits per heavy atom. The van der Waals surface area contributed by atoms with Crippen LogP contribution in [-0.2, 0) is 6.54 Å². The maximum atomic E-state index is 8.15. The Balaban J connectivity index is 2.64. The quantitative estimate of drug-likeness (QED) is 0.283. The highest BCUT2D eigenvalue weighted by atomic mass is 35.5. The molecule has 0 aliphatic heterocycles. The van der Waals surface area contributed by atoms with Crippen LogP contribution in [0.4, 0.5) is 0 Å². The van der Waals surface area contributed by atoms with Crippen LogP contribution in [0.2, 0.25) is 10.3 Å². The molecule has 0 fully saturated rings. The Morgan fingerprint density at radius 3 is 2.71 bits per heavy atom. The second-order valence-corrected chi connectivity index (χ2v) is 3.12. The number of aromatic nitrogens is 1. The van der Waals surface area contributed by atoms with E-state index in [4.69, 9.17) is 28.5 Å². The van der Waals surface area contributed by atoms with Crippen LogP contribution in [0, 0.1) is 11.5 Å². The Hall–Kier alpha value is -1.31. The molecule has 1 N–H and O–H groups in total. The molecule has 0 unspecified atom stereocenters. The van der Waals surface area contributed by atoms with E-state index < -0.39 is 0 Å². The Kier molecular flexibility index (Phi) is 4.17. The maximum Gasteiger partial charge on any atom is 0.182 e. The number of aliphatic imine (C=N–C) groups is 1. The van der Waals surface area contributed by atoms with E-state index in [1.165, 1.54) is 6.34 Å². The third-order valence-electron chi connectivity index (χ3n) is 1.32. The molecule has 0 spiro atoms. The fraction of sp³-hybridized carbons (Fsp3) is 0.125. The first-order valence-corrected chi connectivity index (χ1v) is 4.43. The second-order valence-electron chi connectivity index (χ2n) is 2.35. The van der Waals surface area contributed by atoms with Gasteiger partial charge in [-0.2, -0.15) is 5.26 Å². The van der Waals surface area contributed by atoms with Gasteiger partial charge in [-0.15, -0.1) is 0 Å². The van der Waals surface area contributed by atoms with Crippen LogP contribution in [0.15, 0.2) is 17.1 Å². The molecule has 14 heavy (non-hydrogen) atoms. The van der Waals surface area contributed by atoms with Crippen molar-refractivity contribution in [3.63, 3.8) is 0 Å². The largest absolute Gasteiger partial charge is 0.283 e. The topological polar surface area (TPSA) is 61.1 Å². The lowest BCUT2D eigenvalue weighted by Crippen LogP contribution is -2.00. The molecule has 0 radical (unpaired) electrons. The summed E-state index contributed by atoms with van der Waals surface area (Å²) in [5.74, 6) is 0. The lowest BCUT2D eigenvalue weighted by Gasteiger charge is -1.97. The monoisotopic (exact) mass is 228 g/mol. The van der Waals surface area contributed by atoms with Crippen LogP contribution in [-0.4, -0.2) is 11.3 Å². The fourth-order valence-electron chi connectivity index (χ4n) is 0.831. The number of rotatable bonds is 3. The molecule has 4 nitrogen and oxygen atoms in total. The summed E-state index contributed by atoms with van der Waals surface area (Å²) in [4.78, 5) is 7.70. The minimum atomic E-state index is 0.330. The van der Waals surface area contributed by atoms with E-state index in [1.54, 1.807) is 18.3 Å². The molecule has 1 rings (SSSR count).